The van der Waals surface area contributed by atoms with Crippen LogP contribution in [0.15, 0.2) is 23.3 Å². The molecule has 0 aliphatic heterocycles. The van der Waals surface area contributed by atoms with E-state index in [9.17, 15) is 9.59 Å². The summed E-state index contributed by atoms with van der Waals surface area (Å²) in [6, 6.07) is 0. The second-order valence-electron chi connectivity index (χ2n) is 2.62. The van der Waals surface area contributed by atoms with E-state index in [2.05, 4.69) is 4.74 Å². The maximum Gasteiger partial charge on any atom is 0.341 e. The van der Waals surface area contributed by atoms with Crippen LogP contribution in [0.3, 0.4) is 0 Å². The van der Waals surface area contributed by atoms with Crippen LogP contribution in [0.1, 0.15) is 13.3 Å². The lowest BCUT2D eigenvalue weighted by Gasteiger charge is -2.09. The monoisotopic (exact) mass is 166 g/mol. The molecule has 1 aliphatic rings. The minimum Gasteiger partial charge on any atom is -0.465 e. The molecule has 0 fully saturated rings. The number of rotatable bonds is 1. The summed E-state index contributed by atoms with van der Waals surface area (Å²) in [7, 11) is 1.27. The minimum atomic E-state index is -0.540. The van der Waals surface area contributed by atoms with Gasteiger partial charge >= 0.3 is 5.97 Å². The number of ketones is 1. The molecule has 0 aromatic heterocycles. The predicted molar refractivity (Wildman–Crippen MR) is 43.5 cm³/mol. The Morgan fingerprint density at radius 3 is 2.75 bits per heavy atom. The third kappa shape index (κ3) is 1.44. The second-order valence-corrected chi connectivity index (χ2v) is 2.62. The van der Waals surface area contributed by atoms with E-state index in [4.69, 9.17) is 0 Å². The topological polar surface area (TPSA) is 43.4 Å². The molecule has 0 atom stereocenters. The number of allylic oxidation sites excluding steroid dienone is 3. The van der Waals surface area contributed by atoms with Gasteiger partial charge in [0.15, 0.2) is 5.78 Å². The van der Waals surface area contributed by atoms with Crippen LogP contribution in [-0.2, 0) is 14.3 Å². The van der Waals surface area contributed by atoms with E-state index in [1.54, 1.807) is 13.0 Å². The number of carbonyl (C=O) groups excluding carboxylic acids is 2. The molecule has 12 heavy (non-hydrogen) atoms. The first-order chi connectivity index (χ1) is 5.66. The number of hydrogen-bond acceptors (Lipinski definition) is 3. The van der Waals surface area contributed by atoms with Crippen LogP contribution in [-0.4, -0.2) is 18.9 Å². The summed E-state index contributed by atoms with van der Waals surface area (Å²) in [5.41, 5.74) is 0.953. The van der Waals surface area contributed by atoms with Crippen molar-refractivity contribution in [3.63, 3.8) is 0 Å². The molecule has 0 saturated carbocycles. The third-order valence-corrected chi connectivity index (χ3v) is 1.76. The lowest BCUT2D eigenvalue weighted by atomic mass is 9.97. The van der Waals surface area contributed by atoms with E-state index in [1.165, 1.54) is 13.2 Å². The summed E-state index contributed by atoms with van der Waals surface area (Å²) in [6.07, 6.45) is 3.79. The van der Waals surface area contributed by atoms with Gasteiger partial charge in [-0.2, -0.15) is 0 Å². The highest BCUT2D eigenvalue weighted by Gasteiger charge is 2.21. The fraction of sp³-hybridized carbons (Fsp3) is 0.333. The second kappa shape index (κ2) is 3.34. The smallest absolute Gasteiger partial charge is 0.341 e. The molecule has 0 aromatic rings. The maximum absolute atomic E-state index is 11.2. The van der Waals surface area contributed by atoms with Gasteiger partial charge in [-0.05, 0) is 19.4 Å². The zero-order chi connectivity index (χ0) is 9.14. The highest BCUT2D eigenvalue weighted by molar-refractivity contribution is 6.22. The van der Waals surface area contributed by atoms with Gasteiger partial charge in [-0.15, -0.1) is 0 Å². The molecule has 0 bridgehead atoms. The van der Waals surface area contributed by atoms with Crippen molar-refractivity contribution in [2.75, 3.05) is 7.11 Å². The molecule has 3 heteroatoms. The van der Waals surface area contributed by atoms with Crippen LogP contribution in [0.5, 0.6) is 0 Å². The molecule has 0 N–H and O–H groups in total. The normalized spacial score (nSPS) is 16.7. The molecule has 0 heterocycles. The van der Waals surface area contributed by atoms with Crippen molar-refractivity contribution in [2.24, 2.45) is 0 Å². The Bertz CT molecular complexity index is 284. The largest absolute Gasteiger partial charge is 0.465 e. The van der Waals surface area contributed by atoms with Gasteiger partial charge in [0, 0.05) is 0 Å². The molecule has 0 aromatic carbocycles. The molecule has 3 nitrogen and oxygen atoms in total. The number of carbonyl (C=O) groups is 2. The molecule has 1 rings (SSSR count). The highest BCUT2D eigenvalue weighted by atomic mass is 16.5. The lowest BCUT2D eigenvalue weighted by Crippen LogP contribution is -2.16. The van der Waals surface area contributed by atoms with Crippen molar-refractivity contribution in [1.82, 2.24) is 0 Å². The Hall–Kier alpha value is -1.38. The van der Waals surface area contributed by atoms with Gasteiger partial charge in [-0.1, -0.05) is 11.6 Å². The van der Waals surface area contributed by atoms with Gasteiger partial charge in [0.1, 0.15) is 5.57 Å². The van der Waals surface area contributed by atoms with Crippen molar-refractivity contribution in [2.45, 2.75) is 13.3 Å². The van der Waals surface area contributed by atoms with E-state index in [0.29, 0.717) is 6.42 Å². The first-order valence-corrected chi connectivity index (χ1v) is 3.65. The molecule has 0 saturated heterocycles. The molecule has 0 amide bonds. The number of hydrogen-bond donors (Lipinski definition) is 0. The number of ether oxygens (including phenoxy) is 1. The zero-order valence-electron chi connectivity index (χ0n) is 7.09. The fourth-order valence-electron chi connectivity index (χ4n) is 1.12. The standard InChI is InChI=1S/C9H10O3/c1-6-4-3-5-7(10)8(6)9(11)12-2/h3,5H,4H2,1-2H3. The summed E-state index contributed by atoms with van der Waals surface area (Å²) in [5, 5.41) is 0. The van der Waals surface area contributed by atoms with Crippen molar-refractivity contribution in [3.05, 3.63) is 23.3 Å². The summed E-state index contributed by atoms with van der Waals surface area (Å²) < 4.78 is 4.48. The molecule has 64 valence electrons. The van der Waals surface area contributed by atoms with Crippen molar-refractivity contribution in [1.29, 1.82) is 0 Å². The Balaban J connectivity index is 2.99. The van der Waals surface area contributed by atoms with Crippen LogP contribution in [0, 0.1) is 0 Å². The van der Waals surface area contributed by atoms with E-state index < -0.39 is 5.97 Å². The van der Waals surface area contributed by atoms with Crippen LogP contribution < -0.4 is 0 Å². The van der Waals surface area contributed by atoms with Crippen LogP contribution >= 0.6 is 0 Å². The average molecular weight is 166 g/mol. The van der Waals surface area contributed by atoms with Crippen LogP contribution in [0.25, 0.3) is 0 Å². The lowest BCUT2D eigenvalue weighted by molar-refractivity contribution is -0.137. The van der Waals surface area contributed by atoms with Gasteiger partial charge < -0.3 is 4.74 Å². The summed E-state index contributed by atoms with van der Waals surface area (Å²) >= 11 is 0. The Morgan fingerprint density at radius 1 is 1.58 bits per heavy atom. The molecular weight excluding hydrogens is 156 g/mol. The first kappa shape index (κ1) is 8.71. The minimum absolute atomic E-state index is 0.181. The quantitative estimate of drug-likeness (QED) is 0.431. The first-order valence-electron chi connectivity index (χ1n) is 3.65. The Labute approximate surface area is 70.7 Å². The predicted octanol–water partition coefficient (Wildman–Crippen LogP) is 1.00. The summed E-state index contributed by atoms with van der Waals surface area (Å²) in [4.78, 5) is 22.2. The summed E-state index contributed by atoms with van der Waals surface area (Å²) in [5.74, 6) is -0.799. The Kier molecular flexibility index (Phi) is 2.43. The highest BCUT2D eigenvalue weighted by Crippen LogP contribution is 2.16. The van der Waals surface area contributed by atoms with Crippen LogP contribution in [0.4, 0.5) is 0 Å². The SMILES string of the molecule is COC(=O)C1=C(C)CC=CC1=O. The van der Waals surface area contributed by atoms with E-state index in [1.807, 2.05) is 0 Å². The zero-order valence-corrected chi connectivity index (χ0v) is 7.09. The fourth-order valence-corrected chi connectivity index (χ4v) is 1.12. The van der Waals surface area contributed by atoms with Gasteiger partial charge in [-0.3, -0.25) is 4.79 Å². The Morgan fingerprint density at radius 2 is 2.25 bits per heavy atom. The molecular formula is C9H10O3. The van der Waals surface area contributed by atoms with Gasteiger partial charge in [-0.25, -0.2) is 4.79 Å². The van der Waals surface area contributed by atoms with E-state index >= 15 is 0 Å². The van der Waals surface area contributed by atoms with Crippen molar-refractivity contribution < 1.29 is 14.3 Å². The third-order valence-electron chi connectivity index (χ3n) is 1.76. The molecule has 0 unspecified atom stereocenters. The number of esters is 1. The van der Waals surface area contributed by atoms with E-state index in [0.717, 1.165) is 5.57 Å². The average Bonchev–Trinajstić information content (AvgIpc) is 2.03. The molecule has 0 spiro atoms. The van der Waals surface area contributed by atoms with Crippen LogP contribution in [0.2, 0.25) is 0 Å². The summed E-state index contributed by atoms with van der Waals surface area (Å²) in [6.45, 7) is 1.76. The molecule has 1 aliphatic carbocycles. The van der Waals surface area contributed by atoms with Crippen molar-refractivity contribution >= 4 is 11.8 Å². The van der Waals surface area contributed by atoms with Gasteiger partial charge in [0.2, 0.25) is 0 Å². The van der Waals surface area contributed by atoms with E-state index in [-0.39, 0.29) is 11.4 Å². The number of methoxy groups -OCH3 is 1. The maximum atomic E-state index is 11.2. The molecule has 0 radical (unpaired) electrons. The van der Waals surface area contributed by atoms with Crippen molar-refractivity contribution in [3.8, 4) is 0 Å². The van der Waals surface area contributed by atoms with Gasteiger partial charge in [0.25, 0.3) is 0 Å². The van der Waals surface area contributed by atoms with Gasteiger partial charge in [0.05, 0.1) is 7.11 Å².